The number of carboxylic acids is 1. The van der Waals surface area contributed by atoms with Crippen LogP contribution in [0.3, 0.4) is 0 Å². The van der Waals surface area contributed by atoms with Crippen molar-refractivity contribution in [1.29, 1.82) is 0 Å². The summed E-state index contributed by atoms with van der Waals surface area (Å²) in [5, 5.41) is 9.14. The largest absolute Gasteiger partial charge is 0.480 e. The van der Waals surface area contributed by atoms with Gasteiger partial charge in [0.05, 0.1) is 6.10 Å². The number of carbonyl (C=O) groups is 2. The predicted octanol–water partition coefficient (Wildman–Crippen LogP) is 3.22. The second-order valence-corrected chi connectivity index (χ2v) is 8.53. The van der Waals surface area contributed by atoms with Gasteiger partial charge in [0.2, 0.25) is 5.79 Å². The highest BCUT2D eigenvalue weighted by atomic mass is 16.7. The molecule has 3 rings (SSSR count). The van der Waals surface area contributed by atoms with E-state index in [2.05, 4.69) is 0 Å². The van der Waals surface area contributed by atoms with E-state index in [0.29, 0.717) is 5.92 Å². The van der Waals surface area contributed by atoms with E-state index in [1.165, 1.54) is 39.5 Å². The molecule has 1 N–H and O–H groups in total. The van der Waals surface area contributed by atoms with Gasteiger partial charge >= 0.3 is 11.9 Å². The summed E-state index contributed by atoms with van der Waals surface area (Å²) in [6.07, 6.45) is 6.43. The summed E-state index contributed by atoms with van der Waals surface area (Å²) in [6, 6.07) is 0. The monoisotopic (exact) mass is 324 g/mol. The number of aliphatic carboxylic acids is 1. The number of ether oxygens (including phenoxy) is 2. The van der Waals surface area contributed by atoms with Crippen LogP contribution in [0.1, 0.15) is 59.8 Å². The molecule has 5 heteroatoms. The second-order valence-electron chi connectivity index (χ2n) is 8.53. The second kappa shape index (κ2) is 5.47. The van der Waals surface area contributed by atoms with Crippen LogP contribution in [-0.4, -0.2) is 28.9 Å². The molecule has 2 bridgehead atoms. The maximum absolute atomic E-state index is 12.2. The summed E-state index contributed by atoms with van der Waals surface area (Å²) in [6.45, 7) is 6.13. The van der Waals surface area contributed by atoms with Crippen molar-refractivity contribution in [3.8, 4) is 0 Å². The van der Waals surface area contributed by atoms with E-state index in [-0.39, 0.29) is 6.10 Å². The molecule has 0 aromatic heterocycles. The summed E-state index contributed by atoms with van der Waals surface area (Å²) in [4.78, 5) is 23.3. The summed E-state index contributed by atoms with van der Waals surface area (Å²) in [5.41, 5.74) is -1.56. The zero-order valence-electron chi connectivity index (χ0n) is 14.5. The number of hydrogen-bond donors (Lipinski definition) is 1. The van der Waals surface area contributed by atoms with E-state index in [1.807, 2.05) is 0 Å². The van der Waals surface area contributed by atoms with Crippen LogP contribution in [0.2, 0.25) is 0 Å². The molecule has 0 saturated heterocycles. The predicted molar refractivity (Wildman–Crippen MR) is 83.5 cm³/mol. The number of esters is 1. The Morgan fingerprint density at radius 2 is 1.65 bits per heavy atom. The standard InChI is InChI=1S/C18H28O5/c1-17(2,15(19)20)16(21)23-18(3,4)22-14-9-10-8-13(14)12-7-5-6-11(10)12/h10-14H,5-9H2,1-4H3,(H,19,20). The number of hydrogen-bond acceptors (Lipinski definition) is 4. The van der Waals surface area contributed by atoms with Gasteiger partial charge in [0.1, 0.15) is 0 Å². The van der Waals surface area contributed by atoms with Gasteiger partial charge < -0.3 is 14.6 Å². The topological polar surface area (TPSA) is 72.8 Å². The average Bonchev–Trinajstić information content (AvgIpc) is 3.08. The minimum atomic E-state index is -1.56. The van der Waals surface area contributed by atoms with E-state index in [9.17, 15) is 9.59 Å². The fraction of sp³-hybridized carbons (Fsp3) is 0.889. The lowest BCUT2D eigenvalue weighted by molar-refractivity contribution is -0.247. The van der Waals surface area contributed by atoms with E-state index in [4.69, 9.17) is 14.6 Å². The van der Waals surface area contributed by atoms with Crippen molar-refractivity contribution in [2.24, 2.45) is 29.1 Å². The third-order valence-corrected chi connectivity index (χ3v) is 6.19. The van der Waals surface area contributed by atoms with Crippen LogP contribution in [0.5, 0.6) is 0 Å². The van der Waals surface area contributed by atoms with E-state index >= 15 is 0 Å². The number of carbonyl (C=O) groups excluding carboxylic acids is 1. The van der Waals surface area contributed by atoms with Crippen LogP contribution in [0, 0.1) is 29.1 Å². The molecule has 23 heavy (non-hydrogen) atoms. The van der Waals surface area contributed by atoms with Crippen molar-refractivity contribution >= 4 is 11.9 Å². The molecule has 0 aliphatic heterocycles. The molecule has 0 heterocycles. The van der Waals surface area contributed by atoms with E-state index in [1.54, 1.807) is 13.8 Å². The maximum Gasteiger partial charge on any atom is 0.325 e. The molecule has 5 atom stereocenters. The highest BCUT2D eigenvalue weighted by Crippen LogP contribution is 2.59. The first kappa shape index (κ1) is 16.7. The van der Waals surface area contributed by atoms with Gasteiger partial charge in [-0.2, -0.15) is 0 Å². The molecule has 3 fully saturated rings. The zero-order valence-corrected chi connectivity index (χ0v) is 14.5. The Kier molecular flexibility index (Phi) is 3.98. The normalized spacial score (nSPS) is 36.1. The van der Waals surface area contributed by atoms with Gasteiger partial charge in [-0.05, 0) is 63.2 Å². The molecule has 0 spiro atoms. The minimum absolute atomic E-state index is 0.134. The van der Waals surface area contributed by atoms with Crippen molar-refractivity contribution in [3.05, 3.63) is 0 Å². The first-order valence-electron chi connectivity index (χ1n) is 8.76. The molecule has 5 unspecified atom stereocenters. The van der Waals surface area contributed by atoms with Gasteiger partial charge in [0.25, 0.3) is 0 Å². The maximum atomic E-state index is 12.2. The number of carboxylic acid groups (broad SMARTS) is 1. The third-order valence-electron chi connectivity index (χ3n) is 6.19. The fourth-order valence-electron chi connectivity index (χ4n) is 4.97. The summed E-state index contributed by atoms with van der Waals surface area (Å²) in [7, 11) is 0. The van der Waals surface area contributed by atoms with Gasteiger partial charge in [0.15, 0.2) is 5.41 Å². The third kappa shape index (κ3) is 2.88. The smallest absolute Gasteiger partial charge is 0.325 e. The Morgan fingerprint density at radius 3 is 2.30 bits per heavy atom. The Balaban J connectivity index is 1.61. The Labute approximate surface area is 137 Å². The van der Waals surface area contributed by atoms with Crippen LogP contribution >= 0.6 is 0 Å². The van der Waals surface area contributed by atoms with Crippen LogP contribution < -0.4 is 0 Å². The molecular formula is C18H28O5. The van der Waals surface area contributed by atoms with Crippen LogP contribution in [0.4, 0.5) is 0 Å². The molecule has 0 amide bonds. The first-order valence-corrected chi connectivity index (χ1v) is 8.76. The van der Waals surface area contributed by atoms with Gasteiger partial charge in [-0.1, -0.05) is 6.42 Å². The lowest BCUT2D eigenvalue weighted by Crippen LogP contribution is -2.44. The van der Waals surface area contributed by atoms with Gasteiger partial charge in [0, 0.05) is 13.8 Å². The Hall–Kier alpha value is -1.10. The average molecular weight is 324 g/mol. The number of fused-ring (bicyclic) bond motifs is 5. The fourth-order valence-corrected chi connectivity index (χ4v) is 4.97. The molecule has 3 aliphatic rings. The molecule has 3 saturated carbocycles. The molecular weight excluding hydrogens is 296 g/mol. The van der Waals surface area contributed by atoms with Crippen LogP contribution in [0.15, 0.2) is 0 Å². The zero-order chi connectivity index (χ0) is 17.0. The van der Waals surface area contributed by atoms with Gasteiger partial charge in [-0.25, -0.2) is 0 Å². The minimum Gasteiger partial charge on any atom is -0.480 e. The highest BCUT2D eigenvalue weighted by molar-refractivity contribution is 5.98. The molecule has 0 radical (unpaired) electrons. The first-order chi connectivity index (χ1) is 10.6. The van der Waals surface area contributed by atoms with Crippen LogP contribution in [0.25, 0.3) is 0 Å². The van der Waals surface area contributed by atoms with Gasteiger partial charge in [-0.15, -0.1) is 0 Å². The molecule has 3 aliphatic carbocycles. The van der Waals surface area contributed by atoms with E-state index < -0.39 is 23.1 Å². The molecule has 0 aromatic rings. The van der Waals surface area contributed by atoms with Crippen molar-refractivity contribution in [1.82, 2.24) is 0 Å². The van der Waals surface area contributed by atoms with Gasteiger partial charge in [-0.3, -0.25) is 9.59 Å². The van der Waals surface area contributed by atoms with E-state index in [0.717, 1.165) is 24.2 Å². The van der Waals surface area contributed by atoms with Crippen molar-refractivity contribution < 1.29 is 24.2 Å². The molecule has 130 valence electrons. The van der Waals surface area contributed by atoms with Crippen molar-refractivity contribution in [3.63, 3.8) is 0 Å². The summed E-state index contributed by atoms with van der Waals surface area (Å²) < 4.78 is 11.6. The van der Waals surface area contributed by atoms with Crippen LogP contribution in [-0.2, 0) is 19.1 Å². The Bertz CT molecular complexity index is 510. The van der Waals surface area contributed by atoms with Crippen molar-refractivity contribution in [2.45, 2.75) is 71.7 Å². The van der Waals surface area contributed by atoms with Crippen molar-refractivity contribution in [2.75, 3.05) is 0 Å². The lowest BCUT2D eigenvalue weighted by Gasteiger charge is -2.37. The molecule has 0 aromatic carbocycles. The Morgan fingerprint density at radius 1 is 1.00 bits per heavy atom. The molecule has 5 nitrogen and oxygen atoms in total. The number of rotatable bonds is 5. The summed E-state index contributed by atoms with van der Waals surface area (Å²) in [5.74, 6) is -0.0222. The summed E-state index contributed by atoms with van der Waals surface area (Å²) >= 11 is 0. The highest BCUT2D eigenvalue weighted by Gasteiger charge is 2.55. The lowest BCUT2D eigenvalue weighted by atomic mass is 9.80. The quantitative estimate of drug-likeness (QED) is 0.477. The SMILES string of the molecule is CC(C)(OC(=O)C(C)(C)C(=O)O)OC1CC2CC1C1CCCC21.